The van der Waals surface area contributed by atoms with Crippen molar-refractivity contribution in [3.8, 4) is 5.75 Å². The molecule has 1 aromatic heterocycles. The molecule has 0 fully saturated rings. The second-order valence-electron chi connectivity index (χ2n) is 4.47. The van der Waals surface area contributed by atoms with E-state index in [1.807, 2.05) is 18.2 Å². The van der Waals surface area contributed by atoms with Crippen LogP contribution in [0.3, 0.4) is 0 Å². The lowest BCUT2D eigenvalue weighted by Crippen LogP contribution is -2.20. The quantitative estimate of drug-likeness (QED) is 0.671. The zero-order valence-electron chi connectivity index (χ0n) is 12.9. The lowest BCUT2D eigenvalue weighted by atomic mass is 10.2. The topological polar surface area (TPSA) is 104 Å². The zero-order chi connectivity index (χ0) is 15.8. The molecule has 0 bridgehead atoms. The van der Waals surface area contributed by atoms with Gasteiger partial charge in [-0.25, -0.2) is 10.2 Å². The Morgan fingerprint density at radius 3 is 2.61 bits per heavy atom. The van der Waals surface area contributed by atoms with Gasteiger partial charge in [0.1, 0.15) is 12.4 Å². The van der Waals surface area contributed by atoms with Gasteiger partial charge in [0.25, 0.3) is 0 Å². The van der Waals surface area contributed by atoms with Gasteiger partial charge in [0.2, 0.25) is 0 Å². The van der Waals surface area contributed by atoms with Crippen molar-refractivity contribution in [2.75, 3.05) is 7.11 Å². The third-order valence-electron chi connectivity index (χ3n) is 2.92. The highest BCUT2D eigenvalue weighted by Crippen LogP contribution is 2.11. The van der Waals surface area contributed by atoms with Gasteiger partial charge in [0.05, 0.1) is 12.8 Å². The molecule has 0 aliphatic rings. The van der Waals surface area contributed by atoms with E-state index in [4.69, 9.17) is 9.47 Å². The zero-order valence-corrected chi connectivity index (χ0v) is 12.9. The molecule has 1 amide bonds. The number of nitrogens with one attached hydrogen (secondary N) is 1. The first-order chi connectivity index (χ1) is 10.7. The maximum atomic E-state index is 11.6. The fourth-order valence-corrected chi connectivity index (χ4v) is 1.67. The summed E-state index contributed by atoms with van der Waals surface area (Å²) in [6.45, 7) is 1.94. The first-order valence-corrected chi connectivity index (χ1v) is 6.69. The van der Waals surface area contributed by atoms with Crippen LogP contribution in [-0.4, -0.2) is 29.4 Å². The maximum Gasteiger partial charge on any atom is 0.428 e. The second kappa shape index (κ2) is 9.16. The Hall–Kier alpha value is -2.93. The number of nitrogens with zero attached hydrogens (tertiary/aromatic N) is 2. The highest BCUT2D eigenvalue weighted by atomic mass is 16.6. The Kier molecular flexibility index (Phi) is 7.22. The van der Waals surface area contributed by atoms with Crippen LogP contribution >= 0.6 is 0 Å². The Morgan fingerprint density at radius 1 is 1.26 bits per heavy atom. The number of ether oxygens (including phenoxy) is 2. The van der Waals surface area contributed by atoms with Crippen molar-refractivity contribution in [1.82, 2.24) is 10.4 Å². The summed E-state index contributed by atoms with van der Waals surface area (Å²) < 4.78 is 10.1. The fraction of sp³-hybridized carbons (Fsp3) is 0.188. The SMILES string of the molecule is COc1ccc(COC(=O)NN=C(C)c2cccnc2)cc1.O. The number of pyridine rings is 1. The minimum absolute atomic E-state index is 0. The molecule has 0 aliphatic carbocycles. The van der Waals surface area contributed by atoms with E-state index in [1.54, 1.807) is 44.6 Å². The van der Waals surface area contributed by atoms with Crippen molar-refractivity contribution in [1.29, 1.82) is 0 Å². The molecule has 0 saturated heterocycles. The molecule has 2 rings (SSSR count). The summed E-state index contributed by atoms with van der Waals surface area (Å²) in [6.07, 6.45) is 2.73. The van der Waals surface area contributed by atoms with E-state index in [0.717, 1.165) is 16.9 Å². The first kappa shape index (κ1) is 18.1. The van der Waals surface area contributed by atoms with Crippen molar-refractivity contribution in [2.45, 2.75) is 13.5 Å². The molecule has 0 saturated carbocycles. The average molecular weight is 317 g/mol. The van der Waals surface area contributed by atoms with E-state index in [0.29, 0.717) is 5.71 Å². The van der Waals surface area contributed by atoms with Crippen LogP contribution in [0.1, 0.15) is 18.1 Å². The minimum Gasteiger partial charge on any atom is -0.497 e. The summed E-state index contributed by atoms with van der Waals surface area (Å²) >= 11 is 0. The molecule has 1 heterocycles. The fourth-order valence-electron chi connectivity index (χ4n) is 1.67. The van der Waals surface area contributed by atoms with Crippen LogP contribution in [0.2, 0.25) is 0 Å². The summed E-state index contributed by atoms with van der Waals surface area (Å²) in [7, 11) is 1.60. The van der Waals surface area contributed by atoms with Gasteiger partial charge in [-0.1, -0.05) is 18.2 Å². The number of aromatic nitrogens is 1. The molecule has 0 radical (unpaired) electrons. The highest BCUT2D eigenvalue weighted by Gasteiger charge is 2.03. The molecule has 1 aromatic carbocycles. The van der Waals surface area contributed by atoms with E-state index < -0.39 is 6.09 Å². The number of hydrazone groups is 1. The van der Waals surface area contributed by atoms with Crippen molar-refractivity contribution >= 4 is 11.8 Å². The number of carbonyl (C=O) groups excluding carboxylic acids is 1. The number of carbonyl (C=O) groups is 1. The van der Waals surface area contributed by atoms with Crippen molar-refractivity contribution in [3.05, 3.63) is 59.9 Å². The molecule has 3 N–H and O–H groups in total. The van der Waals surface area contributed by atoms with Crippen LogP contribution in [0.25, 0.3) is 0 Å². The Morgan fingerprint density at radius 2 is 2.00 bits per heavy atom. The number of hydrogen-bond donors (Lipinski definition) is 1. The number of hydrogen-bond acceptors (Lipinski definition) is 5. The van der Waals surface area contributed by atoms with Crippen LogP contribution in [0.15, 0.2) is 53.9 Å². The Labute approximate surface area is 134 Å². The van der Waals surface area contributed by atoms with E-state index in [1.165, 1.54) is 0 Å². The molecule has 7 nitrogen and oxygen atoms in total. The van der Waals surface area contributed by atoms with Gasteiger partial charge in [-0.15, -0.1) is 0 Å². The third-order valence-corrected chi connectivity index (χ3v) is 2.92. The van der Waals surface area contributed by atoms with Crippen LogP contribution in [0, 0.1) is 0 Å². The number of benzene rings is 1. The van der Waals surface area contributed by atoms with Gasteiger partial charge in [-0.05, 0) is 30.7 Å². The smallest absolute Gasteiger partial charge is 0.428 e. The minimum atomic E-state index is -0.612. The lowest BCUT2D eigenvalue weighted by Gasteiger charge is -2.06. The summed E-state index contributed by atoms with van der Waals surface area (Å²) in [5, 5.41) is 3.97. The van der Waals surface area contributed by atoms with Gasteiger partial charge in [0, 0.05) is 18.0 Å². The monoisotopic (exact) mass is 317 g/mol. The maximum absolute atomic E-state index is 11.6. The van der Waals surface area contributed by atoms with Crippen LogP contribution < -0.4 is 10.2 Å². The van der Waals surface area contributed by atoms with Crippen LogP contribution in [0.5, 0.6) is 5.75 Å². The Bertz CT molecular complexity index is 642. The predicted molar refractivity (Wildman–Crippen MR) is 86.4 cm³/mol. The normalized spacial score (nSPS) is 10.4. The molecule has 2 aromatic rings. The van der Waals surface area contributed by atoms with Crippen LogP contribution in [-0.2, 0) is 11.3 Å². The van der Waals surface area contributed by atoms with Gasteiger partial charge in [-0.2, -0.15) is 5.10 Å². The third kappa shape index (κ3) is 5.76. The summed E-state index contributed by atoms with van der Waals surface area (Å²) in [6, 6.07) is 10.9. The molecule has 0 aliphatic heterocycles. The van der Waals surface area contributed by atoms with E-state index >= 15 is 0 Å². The van der Waals surface area contributed by atoms with E-state index in [-0.39, 0.29) is 12.1 Å². The van der Waals surface area contributed by atoms with E-state index in [9.17, 15) is 4.79 Å². The largest absolute Gasteiger partial charge is 0.497 e. The summed E-state index contributed by atoms with van der Waals surface area (Å²) in [4.78, 5) is 15.6. The second-order valence-corrected chi connectivity index (χ2v) is 4.47. The lowest BCUT2D eigenvalue weighted by molar-refractivity contribution is 0.140. The number of methoxy groups -OCH3 is 1. The van der Waals surface area contributed by atoms with Crippen molar-refractivity contribution < 1.29 is 19.7 Å². The molecule has 122 valence electrons. The van der Waals surface area contributed by atoms with E-state index in [2.05, 4.69) is 15.5 Å². The number of rotatable bonds is 5. The standard InChI is InChI=1S/C16H17N3O3.H2O/c1-12(14-4-3-9-17-10-14)18-19-16(20)22-11-13-5-7-15(21-2)8-6-13;/h3-10H,11H2,1-2H3,(H,19,20);1H2. The Balaban J connectivity index is 0.00000264. The molecular weight excluding hydrogens is 298 g/mol. The van der Waals surface area contributed by atoms with Gasteiger partial charge >= 0.3 is 6.09 Å². The molecule has 0 atom stereocenters. The van der Waals surface area contributed by atoms with Crippen molar-refractivity contribution in [2.24, 2.45) is 5.10 Å². The summed E-state index contributed by atoms with van der Waals surface area (Å²) in [5.41, 5.74) is 4.69. The van der Waals surface area contributed by atoms with Crippen molar-refractivity contribution in [3.63, 3.8) is 0 Å². The molecule has 0 spiro atoms. The number of amides is 1. The van der Waals surface area contributed by atoms with Gasteiger partial charge < -0.3 is 14.9 Å². The predicted octanol–water partition coefficient (Wildman–Crippen LogP) is 1.92. The molecule has 0 unspecified atom stereocenters. The summed E-state index contributed by atoms with van der Waals surface area (Å²) in [5.74, 6) is 0.755. The van der Waals surface area contributed by atoms with Gasteiger partial charge in [-0.3, -0.25) is 4.98 Å². The highest BCUT2D eigenvalue weighted by molar-refractivity contribution is 5.98. The average Bonchev–Trinajstić information content (AvgIpc) is 2.59. The van der Waals surface area contributed by atoms with Crippen LogP contribution in [0.4, 0.5) is 4.79 Å². The first-order valence-electron chi connectivity index (χ1n) is 6.69. The van der Waals surface area contributed by atoms with Gasteiger partial charge in [0.15, 0.2) is 0 Å². The molecule has 7 heteroatoms. The molecule has 23 heavy (non-hydrogen) atoms. The molecular formula is C16H19N3O4.